The Kier molecular flexibility index (Phi) is 5.02. The van der Waals surface area contributed by atoms with Crippen LogP contribution in [0.15, 0.2) is 42.7 Å². The number of benzene rings is 1. The van der Waals surface area contributed by atoms with Crippen molar-refractivity contribution in [3.05, 3.63) is 48.3 Å². The summed E-state index contributed by atoms with van der Waals surface area (Å²) < 4.78 is 0. The van der Waals surface area contributed by atoms with Crippen LogP contribution in [0, 0.1) is 5.41 Å². The summed E-state index contributed by atoms with van der Waals surface area (Å²) in [5, 5.41) is 8.13. The third-order valence-electron chi connectivity index (χ3n) is 5.75. The lowest BCUT2D eigenvalue weighted by Crippen LogP contribution is -2.54. The Morgan fingerprint density at radius 1 is 1.00 bits per heavy atom. The van der Waals surface area contributed by atoms with Crippen molar-refractivity contribution in [1.29, 1.82) is 0 Å². The van der Waals surface area contributed by atoms with Crippen LogP contribution in [0.4, 0.5) is 0 Å². The molecule has 26 heavy (non-hydrogen) atoms. The number of carbonyl (C=O) groups excluding carboxylic acids is 1. The van der Waals surface area contributed by atoms with Crippen LogP contribution >= 0.6 is 0 Å². The van der Waals surface area contributed by atoms with Gasteiger partial charge in [-0.25, -0.2) is 0 Å². The zero-order chi connectivity index (χ0) is 17.8. The van der Waals surface area contributed by atoms with Crippen molar-refractivity contribution in [2.75, 3.05) is 26.2 Å². The Balaban J connectivity index is 1.39. The first-order chi connectivity index (χ1) is 12.7. The molecule has 1 aromatic carbocycles. The van der Waals surface area contributed by atoms with Crippen LogP contribution in [-0.2, 0) is 17.9 Å². The Morgan fingerprint density at radius 2 is 1.73 bits per heavy atom. The molecule has 2 aromatic rings. The van der Waals surface area contributed by atoms with Gasteiger partial charge in [0.25, 0.3) is 0 Å². The number of rotatable bonds is 4. The van der Waals surface area contributed by atoms with Gasteiger partial charge in [-0.2, -0.15) is 15.0 Å². The molecule has 2 aliphatic heterocycles. The zero-order valence-electron chi connectivity index (χ0n) is 15.3. The lowest BCUT2D eigenvalue weighted by molar-refractivity contribution is -0.137. The lowest BCUT2D eigenvalue weighted by Gasteiger charge is -2.48. The molecule has 1 unspecified atom stereocenters. The number of likely N-dealkylation sites (tertiary alicyclic amines) is 2. The summed E-state index contributed by atoms with van der Waals surface area (Å²) in [4.78, 5) is 18.8. The Bertz CT molecular complexity index is 713. The fourth-order valence-corrected chi connectivity index (χ4v) is 4.59. The van der Waals surface area contributed by atoms with Gasteiger partial charge in [-0.1, -0.05) is 30.3 Å². The average Bonchev–Trinajstić information content (AvgIpc) is 3.16. The minimum absolute atomic E-state index is 0.139. The van der Waals surface area contributed by atoms with Crippen LogP contribution in [0.5, 0.6) is 0 Å². The van der Waals surface area contributed by atoms with Crippen LogP contribution in [0.1, 0.15) is 31.2 Å². The van der Waals surface area contributed by atoms with Gasteiger partial charge >= 0.3 is 0 Å². The van der Waals surface area contributed by atoms with Gasteiger partial charge in [0.1, 0.15) is 6.54 Å². The third-order valence-corrected chi connectivity index (χ3v) is 5.75. The van der Waals surface area contributed by atoms with Crippen molar-refractivity contribution in [1.82, 2.24) is 24.8 Å². The maximum Gasteiger partial charge on any atom is 0.246 e. The summed E-state index contributed by atoms with van der Waals surface area (Å²) in [5.74, 6) is 0.139. The lowest BCUT2D eigenvalue weighted by atomic mass is 9.73. The molecule has 2 fully saturated rings. The summed E-state index contributed by atoms with van der Waals surface area (Å²) in [6.45, 7) is 5.23. The van der Waals surface area contributed by atoms with Crippen LogP contribution in [0.3, 0.4) is 0 Å². The Hall–Kier alpha value is -2.21. The molecule has 4 rings (SSSR count). The van der Waals surface area contributed by atoms with E-state index in [4.69, 9.17) is 0 Å². The van der Waals surface area contributed by atoms with Gasteiger partial charge in [0, 0.05) is 31.6 Å². The van der Waals surface area contributed by atoms with Crippen LogP contribution in [0.25, 0.3) is 0 Å². The summed E-state index contributed by atoms with van der Waals surface area (Å²) in [6.07, 6.45) is 8.00. The monoisotopic (exact) mass is 353 g/mol. The first kappa shape index (κ1) is 17.2. The molecule has 1 atom stereocenters. The van der Waals surface area contributed by atoms with Crippen molar-refractivity contribution in [3.63, 3.8) is 0 Å². The quantitative estimate of drug-likeness (QED) is 0.845. The molecule has 1 spiro atoms. The smallest absolute Gasteiger partial charge is 0.246 e. The van der Waals surface area contributed by atoms with E-state index in [1.54, 1.807) is 12.4 Å². The van der Waals surface area contributed by atoms with Crippen molar-refractivity contribution in [2.45, 2.75) is 38.8 Å². The van der Waals surface area contributed by atoms with E-state index < -0.39 is 0 Å². The molecule has 1 amide bonds. The van der Waals surface area contributed by atoms with Gasteiger partial charge in [-0.05, 0) is 37.8 Å². The van der Waals surface area contributed by atoms with Crippen LogP contribution < -0.4 is 0 Å². The van der Waals surface area contributed by atoms with Gasteiger partial charge in [-0.15, -0.1) is 0 Å². The second kappa shape index (κ2) is 7.58. The molecule has 3 heterocycles. The Labute approximate surface area is 154 Å². The highest BCUT2D eigenvalue weighted by atomic mass is 16.2. The molecule has 6 nitrogen and oxygen atoms in total. The molecule has 0 saturated carbocycles. The predicted octanol–water partition coefficient (Wildman–Crippen LogP) is 2.18. The topological polar surface area (TPSA) is 54.3 Å². The SMILES string of the molecule is O=C(Cn1nccn1)N1CCCC2(CCCN(Cc3ccccc3)C2)C1. The van der Waals surface area contributed by atoms with Gasteiger partial charge in [0.2, 0.25) is 5.91 Å². The molecule has 2 aliphatic rings. The number of hydrogen-bond donors (Lipinski definition) is 0. The minimum atomic E-state index is 0.139. The zero-order valence-corrected chi connectivity index (χ0v) is 15.3. The number of hydrogen-bond acceptors (Lipinski definition) is 4. The van der Waals surface area contributed by atoms with Gasteiger partial charge < -0.3 is 4.90 Å². The molecule has 6 heteroatoms. The molecule has 1 aromatic heterocycles. The van der Waals surface area contributed by atoms with E-state index in [0.717, 1.165) is 39.1 Å². The highest BCUT2D eigenvalue weighted by Crippen LogP contribution is 2.38. The van der Waals surface area contributed by atoms with Crippen molar-refractivity contribution < 1.29 is 4.79 Å². The molecule has 2 saturated heterocycles. The average molecular weight is 353 g/mol. The summed E-state index contributed by atoms with van der Waals surface area (Å²) in [5.41, 5.74) is 1.62. The highest BCUT2D eigenvalue weighted by molar-refractivity contribution is 5.76. The second-order valence-electron chi connectivity index (χ2n) is 7.78. The first-order valence-corrected chi connectivity index (χ1v) is 9.61. The van der Waals surface area contributed by atoms with E-state index in [1.807, 2.05) is 4.90 Å². The molecule has 0 N–H and O–H groups in total. The molecule has 138 valence electrons. The number of aromatic nitrogens is 3. The normalized spacial score (nSPS) is 24.1. The van der Waals surface area contributed by atoms with Gasteiger partial charge in [-0.3, -0.25) is 9.69 Å². The number of carbonyl (C=O) groups is 1. The summed E-state index contributed by atoms with van der Waals surface area (Å²) >= 11 is 0. The molecular weight excluding hydrogens is 326 g/mol. The summed E-state index contributed by atoms with van der Waals surface area (Å²) in [6, 6.07) is 10.7. The fraction of sp³-hybridized carbons (Fsp3) is 0.550. The van der Waals surface area contributed by atoms with E-state index in [1.165, 1.54) is 29.6 Å². The summed E-state index contributed by atoms with van der Waals surface area (Å²) in [7, 11) is 0. The molecule has 0 bridgehead atoms. The third kappa shape index (κ3) is 3.96. The second-order valence-corrected chi connectivity index (χ2v) is 7.78. The minimum Gasteiger partial charge on any atom is -0.340 e. The molecule has 0 aliphatic carbocycles. The molecule has 0 radical (unpaired) electrons. The van der Waals surface area contributed by atoms with E-state index in [2.05, 4.69) is 45.4 Å². The van der Waals surface area contributed by atoms with E-state index in [9.17, 15) is 4.79 Å². The Morgan fingerprint density at radius 3 is 2.50 bits per heavy atom. The highest BCUT2D eigenvalue weighted by Gasteiger charge is 2.40. The van der Waals surface area contributed by atoms with E-state index in [0.29, 0.717) is 0 Å². The maximum atomic E-state index is 12.7. The fourth-order valence-electron chi connectivity index (χ4n) is 4.59. The largest absolute Gasteiger partial charge is 0.340 e. The van der Waals surface area contributed by atoms with Crippen molar-refractivity contribution in [3.8, 4) is 0 Å². The number of amides is 1. The van der Waals surface area contributed by atoms with Gasteiger partial charge in [0.05, 0.1) is 12.4 Å². The number of nitrogens with zero attached hydrogens (tertiary/aromatic N) is 5. The van der Waals surface area contributed by atoms with Gasteiger partial charge in [0.15, 0.2) is 0 Å². The first-order valence-electron chi connectivity index (χ1n) is 9.61. The maximum absolute atomic E-state index is 12.7. The van der Waals surface area contributed by atoms with Crippen LogP contribution in [0.2, 0.25) is 0 Å². The predicted molar refractivity (Wildman–Crippen MR) is 99.2 cm³/mol. The van der Waals surface area contributed by atoms with Crippen molar-refractivity contribution >= 4 is 5.91 Å². The van der Waals surface area contributed by atoms with E-state index in [-0.39, 0.29) is 17.9 Å². The molecular formula is C20H27N5O. The standard InChI is InChI=1S/C20H27N5O/c26-19(15-25-21-10-11-22-25)24-13-5-9-20(17-24)8-4-12-23(16-20)14-18-6-2-1-3-7-18/h1-3,6-7,10-11H,4-5,8-9,12-17H2. The van der Waals surface area contributed by atoms with Crippen molar-refractivity contribution in [2.24, 2.45) is 5.41 Å². The number of piperidine rings is 2. The van der Waals surface area contributed by atoms with Crippen LogP contribution in [-0.4, -0.2) is 56.9 Å². The van der Waals surface area contributed by atoms with E-state index >= 15 is 0 Å².